The molecule has 0 saturated carbocycles. The minimum absolute atomic E-state index is 0.0859. The third-order valence-corrected chi connectivity index (χ3v) is 8.29. The van der Waals surface area contributed by atoms with Gasteiger partial charge in [-0.2, -0.15) is 8.42 Å². The van der Waals surface area contributed by atoms with Crippen LogP contribution in [0, 0.1) is 24.4 Å². The van der Waals surface area contributed by atoms with Crippen LogP contribution in [0.2, 0.25) is 0 Å². The lowest BCUT2D eigenvalue weighted by Crippen LogP contribution is -2.48. The van der Waals surface area contributed by atoms with E-state index in [9.17, 15) is 36.6 Å². The Hall–Kier alpha value is -4.21. The van der Waals surface area contributed by atoms with Gasteiger partial charge in [-0.15, -0.1) is 0 Å². The van der Waals surface area contributed by atoms with Crippen molar-refractivity contribution < 1.29 is 45.5 Å². The van der Waals surface area contributed by atoms with Gasteiger partial charge in [0.25, 0.3) is 16.0 Å². The quantitative estimate of drug-likeness (QED) is 0.245. The summed E-state index contributed by atoms with van der Waals surface area (Å²) in [6, 6.07) is 12.3. The molecule has 1 aliphatic rings. The maximum absolute atomic E-state index is 14.5. The molecule has 4 atom stereocenters. The maximum atomic E-state index is 14.5. The van der Waals surface area contributed by atoms with Crippen molar-refractivity contribution in [3.05, 3.63) is 107 Å². The van der Waals surface area contributed by atoms with E-state index in [1.807, 2.05) is 0 Å². The molecular formula is C30H26F3N3O7S. The summed E-state index contributed by atoms with van der Waals surface area (Å²) in [5, 5.41) is 23.6. The molecule has 1 saturated heterocycles. The van der Waals surface area contributed by atoms with Gasteiger partial charge < -0.3 is 20.3 Å². The van der Waals surface area contributed by atoms with Crippen LogP contribution in [0.15, 0.2) is 78.0 Å². The highest BCUT2D eigenvalue weighted by molar-refractivity contribution is 7.86. The molecule has 0 radical (unpaired) electrons. The number of carbonyl (C=O) groups excluding carboxylic acids is 1. The fourth-order valence-corrected chi connectivity index (χ4v) is 5.58. The molecule has 44 heavy (non-hydrogen) atoms. The molecule has 230 valence electrons. The molecule has 1 aliphatic heterocycles. The van der Waals surface area contributed by atoms with E-state index in [-0.39, 0.29) is 22.7 Å². The molecule has 14 heteroatoms. The van der Waals surface area contributed by atoms with Crippen LogP contribution in [0.3, 0.4) is 0 Å². The summed E-state index contributed by atoms with van der Waals surface area (Å²) < 4.78 is 79.5. The number of benzene rings is 2. The predicted molar refractivity (Wildman–Crippen MR) is 150 cm³/mol. The molecule has 0 spiro atoms. The van der Waals surface area contributed by atoms with Crippen LogP contribution in [0.5, 0.6) is 0 Å². The van der Waals surface area contributed by atoms with Gasteiger partial charge in [0.05, 0.1) is 41.2 Å². The van der Waals surface area contributed by atoms with Crippen LogP contribution in [0.4, 0.5) is 18.9 Å². The number of ether oxygens (including phenoxy) is 1. The van der Waals surface area contributed by atoms with Crippen LogP contribution in [0.1, 0.15) is 34.1 Å². The Balaban J connectivity index is 1.35. The van der Waals surface area contributed by atoms with Crippen LogP contribution in [-0.2, 0) is 19.0 Å². The smallest absolute Gasteiger partial charge is 0.297 e. The molecule has 5 rings (SSSR count). The normalized spacial score (nSPS) is 20.3. The number of aryl methyl sites for hydroxylation is 1. The zero-order chi connectivity index (χ0) is 31.6. The second-order valence-electron chi connectivity index (χ2n) is 10.0. The number of aliphatic hydroxyl groups excluding tert-OH is 2. The molecule has 2 aromatic heterocycles. The van der Waals surface area contributed by atoms with Gasteiger partial charge >= 0.3 is 0 Å². The Morgan fingerprint density at radius 1 is 1.02 bits per heavy atom. The molecular weight excluding hydrogens is 603 g/mol. The van der Waals surface area contributed by atoms with E-state index in [2.05, 4.69) is 15.3 Å². The number of hydrogen-bond acceptors (Lipinski definition) is 9. The average Bonchev–Trinajstić information content (AvgIpc) is 2.99. The van der Waals surface area contributed by atoms with Crippen LogP contribution >= 0.6 is 0 Å². The molecule has 0 bridgehead atoms. The number of carbonyl (C=O) groups is 1. The zero-order valence-corrected chi connectivity index (χ0v) is 23.8. The lowest BCUT2D eigenvalue weighted by Gasteiger charge is -2.37. The molecule has 3 heterocycles. The highest BCUT2D eigenvalue weighted by Crippen LogP contribution is 2.36. The summed E-state index contributed by atoms with van der Waals surface area (Å²) in [6.07, 6.45) is -2.57. The first-order chi connectivity index (χ1) is 20.9. The van der Waals surface area contributed by atoms with E-state index in [0.717, 1.165) is 35.9 Å². The molecule has 1 amide bonds. The van der Waals surface area contributed by atoms with Crippen LogP contribution < -0.4 is 5.32 Å². The van der Waals surface area contributed by atoms with Crippen molar-refractivity contribution in [3.63, 3.8) is 0 Å². The lowest BCUT2D eigenvalue weighted by atomic mass is 9.94. The minimum Gasteiger partial charge on any atom is -0.390 e. The average molecular weight is 630 g/mol. The summed E-state index contributed by atoms with van der Waals surface area (Å²) in [4.78, 5) is 20.9. The Morgan fingerprint density at radius 2 is 1.73 bits per heavy atom. The number of halogens is 3. The van der Waals surface area contributed by atoms with Gasteiger partial charge in [-0.25, -0.2) is 18.2 Å². The standard InChI is InChI=1S/C30H26F3N3O7S/c1-16-5-7-17(8-6-16)44(40,41)42-15-26-29(38)24(37)13-25(43-26)18-11-12-34-14-23(18)36-30(39)22-10-9-21(33)28(35-22)27-19(31)3-2-4-20(27)32/h2-12,14,24-26,29,37-38H,13,15H2,1H3,(H,36,39)/t24-,25-,26-,29+/m1/s1. The van der Waals surface area contributed by atoms with Gasteiger partial charge in [0.15, 0.2) is 0 Å². The molecule has 2 aromatic carbocycles. The summed E-state index contributed by atoms with van der Waals surface area (Å²) in [7, 11) is -4.21. The van der Waals surface area contributed by atoms with E-state index >= 15 is 0 Å². The second kappa shape index (κ2) is 12.8. The fraction of sp³-hybridized carbons (Fsp3) is 0.233. The van der Waals surface area contributed by atoms with Crippen molar-refractivity contribution in [2.24, 2.45) is 0 Å². The number of anilines is 1. The first-order valence-electron chi connectivity index (χ1n) is 13.3. The first kappa shape index (κ1) is 31.2. The Kier molecular flexibility index (Phi) is 9.08. The van der Waals surface area contributed by atoms with Gasteiger partial charge in [-0.3, -0.25) is 14.0 Å². The molecule has 0 aliphatic carbocycles. The Labute approximate surface area is 250 Å². The number of rotatable bonds is 8. The molecule has 4 aromatic rings. The van der Waals surface area contributed by atoms with E-state index in [1.54, 1.807) is 19.1 Å². The summed E-state index contributed by atoms with van der Waals surface area (Å²) in [5.41, 5.74) is -0.573. The van der Waals surface area contributed by atoms with Crippen molar-refractivity contribution in [3.8, 4) is 11.3 Å². The van der Waals surface area contributed by atoms with Gasteiger partial charge in [-0.05, 0) is 49.4 Å². The SMILES string of the molecule is Cc1ccc(S(=O)(=O)OC[C@H]2O[C@@H](c3ccncc3NC(=O)c3ccc(F)c(-c4c(F)cccc4F)n3)C[C@@H](O)[C@@H]2O)cc1. The fourth-order valence-electron chi connectivity index (χ4n) is 4.67. The molecule has 1 fully saturated rings. The number of pyridine rings is 2. The number of nitrogens with one attached hydrogen (secondary N) is 1. The van der Waals surface area contributed by atoms with Crippen molar-refractivity contribution >= 4 is 21.7 Å². The zero-order valence-electron chi connectivity index (χ0n) is 23.0. The van der Waals surface area contributed by atoms with Crippen molar-refractivity contribution in [1.82, 2.24) is 9.97 Å². The predicted octanol–water partition coefficient (Wildman–Crippen LogP) is 4.08. The number of aliphatic hydroxyl groups is 2. The number of aromatic nitrogens is 2. The third kappa shape index (κ3) is 6.64. The topological polar surface area (TPSA) is 148 Å². The van der Waals surface area contributed by atoms with Crippen molar-refractivity contribution in [2.75, 3.05) is 11.9 Å². The van der Waals surface area contributed by atoms with E-state index < -0.39 is 75.8 Å². The molecule has 3 N–H and O–H groups in total. The summed E-state index contributed by atoms with van der Waals surface area (Å²) in [6.45, 7) is 1.17. The minimum atomic E-state index is -4.21. The van der Waals surface area contributed by atoms with Gasteiger partial charge in [-0.1, -0.05) is 23.8 Å². The lowest BCUT2D eigenvalue weighted by molar-refractivity contribution is -0.178. The number of amides is 1. The Bertz CT molecular complexity index is 1770. The highest BCUT2D eigenvalue weighted by Gasteiger charge is 2.39. The number of nitrogens with zero attached hydrogens (tertiary/aromatic N) is 2. The van der Waals surface area contributed by atoms with Gasteiger partial charge in [0.2, 0.25) is 0 Å². The third-order valence-electron chi connectivity index (χ3n) is 6.99. The maximum Gasteiger partial charge on any atom is 0.297 e. The highest BCUT2D eigenvalue weighted by atomic mass is 32.2. The largest absolute Gasteiger partial charge is 0.390 e. The Morgan fingerprint density at radius 3 is 2.43 bits per heavy atom. The van der Waals surface area contributed by atoms with Gasteiger partial charge in [0, 0.05) is 18.2 Å². The van der Waals surface area contributed by atoms with E-state index in [0.29, 0.717) is 5.56 Å². The first-order valence-corrected chi connectivity index (χ1v) is 14.7. The summed E-state index contributed by atoms with van der Waals surface area (Å²) in [5.74, 6) is -4.06. The van der Waals surface area contributed by atoms with Crippen molar-refractivity contribution in [1.29, 1.82) is 0 Å². The van der Waals surface area contributed by atoms with E-state index in [4.69, 9.17) is 8.92 Å². The molecule has 0 unspecified atom stereocenters. The van der Waals surface area contributed by atoms with Gasteiger partial charge in [0.1, 0.15) is 41.0 Å². The molecule has 10 nitrogen and oxygen atoms in total. The van der Waals surface area contributed by atoms with Crippen LogP contribution in [0.25, 0.3) is 11.3 Å². The summed E-state index contributed by atoms with van der Waals surface area (Å²) >= 11 is 0. The van der Waals surface area contributed by atoms with Crippen LogP contribution in [-0.4, -0.2) is 59.4 Å². The van der Waals surface area contributed by atoms with E-state index in [1.165, 1.54) is 30.6 Å². The second-order valence-corrected chi connectivity index (χ2v) is 11.7. The number of hydrogen-bond donors (Lipinski definition) is 3. The monoisotopic (exact) mass is 629 g/mol. The van der Waals surface area contributed by atoms with Crippen molar-refractivity contribution in [2.45, 2.75) is 42.7 Å².